The number of amides is 5. The van der Waals surface area contributed by atoms with Crippen molar-refractivity contribution < 1.29 is 48.4 Å². The van der Waals surface area contributed by atoms with Crippen LogP contribution in [0.1, 0.15) is 64.7 Å². The maximum atomic E-state index is 13.7. The summed E-state index contributed by atoms with van der Waals surface area (Å²) in [5.41, 5.74) is 5.12. The van der Waals surface area contributed by atoms with E-state index in [0.717, 1.165) is 6.92 Å². The summed E-state index contributed by atoms with van der Waals surface area (Å²) in [6.45, 7) is 0.446. The molecule has 0 fully saturated rings. The molecule has 2 atom stereocenters. The number of halogens is 2. The van der Waals surface area contributed by atoms with Crippen molar-refractivity contribution in [2.24, 2.45) is 5.73 Å². The van der Waals surface area contributed by atoms with Gasteiger partial charge in [-0.25, -0.2) is 24.0 Å². The zero-order chi connectivity index (χ0) is 29.8. The average molecular weight is 569 g/mol. The summed E-state index contributed by atoms with van der Waals surface area (Å²) >= 11 is 0. The van der Waals surface area contributed by atoms with Crippen LogP contribution in [0, 0.1) is 0 Å². The van der Waals surface area contributed by atoms with E-state index in [1.165, 1.54) is 0 Å². The topological polar surface area (TPSA) is 206 Å². The molecule has 0 aliphatic carbocycles. The van der Waals surface area contributed by atoms with Gasteiger partial charge in [0.05, 0.1) is 13.1 Å². The van der Waals surface area contributed by atoms with E-state index in [1.54, 1.807) is 0 Å². The maximum Gasteiger partial charge on any atom is 0.246 e. The molecule has 16 heteroatoms. The van der Waals surface area contributed by atoms with Gasteiger partial charge in [0.1, 0.15) is 12.3 Å². The van der Waals surface area contributed by atoms with Crippen molar-refractivity contribution in [3.05, 3.63) is 0 Å². The minimum atomic E-state index is -1.49. The molecule has 0 saturated carbocycles. The number of carbonyl (C=O) groups excluding carboxylic acids is 5. The normalized spacial score (nSPS) is 12.3. The van der Waals surface area contributed by atoms with Crippen molar-refractivity contribution in [1.29, 1.82) is 0 Å². The van der Waals surface area contributed by atoms with E-state index in [1.807, 2.05) is 0 Å². The molecule has 0 aromatic heterocycles. The second-order valence-corrected chi connectivity index (χ2v) is 8.90. The summed E-state index contributed by atoms with van der Waals surface area (Å²) in [5.74, 6) is -3.00. The molecule has 39 heavy (non-hydrogen) atoms. The molecular weight excluding hydrogens is 526 g/mol. The smallest absolute Gasteiger partial charge is 0.246 e. The number of alkyl halides is 2. The van der Waals surface area contributed by atoms with Crippen molar-refractivity contribution in [3.8, 4) is 0 Å². The van der Waals surface area contributed by atoms with Gasteiger partial charge in [-0.15, -0.1) is 0 Å². The third-order valence-electron chi connectivity index (χ3n) is 5.52. The van der Waals surface area contributed by atoms with Gasteiger partial charge in [-0.1, -0.05) is 0 Å². The molecular formula is C23H42F2N6O8. The minimum Gasteiger partial charge on any atom is -0.356 e. The number of unbranched alkanes of at least 4 members (excludes halogenated alkanes) is 2. The Labute approximate surface area is 226 Å². The quantitative estimate of drug-likeness (QED) is 0.0627. The van der Waals surface area contributed by atoms with E-state index < -0.39 is 41.9 Å². The van der Waals surface area contributed by atoms with Crippen molar-refractivity contribution in [2.75, 3.05) is 39.3 Å². The molecule has 0 spiro atoms. The first-order valence-corrected chi connectivity index (χ1v) is 12.8. The zero-order valence-corrected chi connectivity index (χ0v) is 22.3. The number of hydrogen-bond donors (Lipinski definition) is 6. The Kier molecular flexibility index (Phi) is 19.4. The third-order valence-corrected chi connectivity index (χ3v) is 5.52. The molecule has 0 aliphatic rings. The van der Waals surface area contributed by atoms with E-state index in [2.05, 4.69) is 10.6 Å². The lowest BCUT2D eigenvalue weighted by Crippen LogP contribution is -2.34. The molecule has 0 aromatic rings. The Morgan fingerprint density at radius 1 is 0.718 bits per heavy atom. The molecule has 0 saturated heterocycles. The van der Waals surface area contributed by atoms with Crippen molar-refractivity contribution >= 4 is 29.5 Å². The lowest BCUT2D eigenvalue weighted by Gasteiger charge is -2.16. The fourth-order valence-corrected chi connectivity index (χ4v) is 3.04. The summed E-state index contributed by atoms with van der Waals surface area (Å²) in [7, 11) is 0. The Balaban J connectivity index is 3.88. The first-order valence-electron chi connectivity index (χ1n) is 12.8. The third kappa shape index (κ3) is 18.9. The van der Waals surface area contributed by atoms with Crippen LogP contribution in [0.25, 0.3) is 0 Å². The van der Waals surface area contributed by atoms with E-state index in [-0.39, 0.29) is 71.2 Å². The van der Waals surface area contributed by atoms with Crippen LogP contribution in [0.3, 0.4) is 0 Å². The SMILES string of the molecule is CC(=O)N(O)CCC(F)CNC(=O)CCC(=O)N(O)CCCCCNC(=O)CCC(=O)N(O)CCC(F)CN. The van der Waals surface area contributed by atoms with Crippen LogP contribution in [-0.4, -0.2) is 112 Å². The first kappa shape index (κ1) is 36.0. The molecule has 0 aromatic carbocycles. The fraction of sp³-hybridized carbons (Fsp3) is 0.783. The highest BCUT2D eigenvalue weighted by Gasteiger charge is 2.16. The van der Waals surface area contributed by atoms with Crippen LogP contribution in [0.2, 0.25) is 0 Å². The highest BCUT2D eigenvalue weighted by Crippen LogP contribution is 2.04. The summed E-state index contributed by atoms with van der Waals surface area (Å²) in [5, 5.41) is 34.6. The summed E-state index contributed by atoms with van der Waals surface area (Å²) in [6.07, 6.45) is -2.49. The van der Waals surface area contributed by atoms with Crippen LogP contribution in [0.4, 0.5) is 8.78 Å². The fourth-order valence-electron chi connectivity index (χ4n) is 3.04. The van der Waals surface area contributed by atoms with Crippen molar-refractivity contribution in [1.82, 2.24) is 25.8 Å². The summed E-state index contributed by atoms with van der Waals surface area (Å²) < 4.78 is 26.7. The number of hydroxylamine groups is 6. The predicted octanol–water partition coefficient (Wildman–Crippen LogP) is 0.0379. The molecule has 0 radical (unpaired) electrons. The number of hydrogen-bond acceptors (Lipinski definition) is 9. The van der Waals surface area contributed by atoms with Crippen LogP contribution in [0.5, 0.6) is 0 Å². The van der Waals surface area contributed by atoms with Gasteiger partial charge in [0.15, 0.2) is 0 Å². The van der Waals surface area contributed by atoms with E-state index >= 15 is 0 Å². The van der Waals surface area contributed by atoms with Gasteiger partial charge >= 0.3 is 0 Å². The molecule has 2 unspecified atom stereocenters. The number of nitrogens with one attached hydrogen (secondary N) is 2. The maximum absolute atomic E-state index is 13.7. The molecule has 14 nitrogen and oxygen atoms in total. The van der Waals surface area contributed by atoms with Gasteiger partial charge < -0.3 is 16.4 Å². The summed E-state index contributed by atoms with van der Waals surface area (Å²) in [6, 6.07) is 0. The molecule has 0 aliphatic heterocycles. The predicted molar refractivity (Wildman–Crippen MR) is 133 cm³/mol. The van der Waals surface area contributed by atoms with Gasteiger partial charge in [0.2, 0.25) is 29.5 Å². The Morgan fingerprint density at radius 3 is 1.79 bits per heavy atom. The number of nitrogens with zero attached hydrogens (tertiary/aromatic N) is 3. The van der Waals surface area contributed by atoms with Crippen LogP contribution in [0.15, 0.2) is 0 Å². The molecule has 0 bridgehead atoms. The van der Waals surface area contributed by atoms with Gasteiger partial charge in [0.25, 0.3) is 0 Å². The van der Waals surface area contributed by atoms with E-state index in [9.17, 15) is 48.4 Å². The number of nitrogens with two attached hydrogens (primary N) is 1. The Hall–Kier alpha value is -2.95. The lowest BCUT2D eigenvalue weighted by molar-refractivity contribution is -0.166. The monoisotopic (exact) mass is 568 g/mol. The highest BCUT2D eigenvalue weighted by molar-refractivity contribution is 5.83. The highest BCUT2D eigenvalue weighted by atomic mass is 19.1. The van der Waals surface area contributed by atoms with Gasteiger partial charge in [0, 0.05) is 65.2 Å². The first-order chi connectivity index (χ1) is 18.4. The van der Waals surface area contributed by atoms with Crippen LogP contribution < -0.4 is 16.4 Å². The molecule has 0 rings (SSSR count). The number of rotatable bonds is 21. The second kappa shape index (κ2) is 20.9. The standard InChI is InChI=1S/C23H42F2N6O8/c1-17(32)29(37)13-10-19(25)16-28-21(34)6-8-22(35)30(38)12-4-2-3-11-27-20(33)5-7-23(36)31(39)14-9-18(24)15-26/h18-19,37-39H,2-16,26H2,1H3,(H,27,33)(H,28,34). The second-order valence-electron chi connectivity index (χ2n) is 8.90. The average Bonchev–Trinajstić information content (AvgIpc) is 2.91. The van der Waals surface area contributed by atoms with Crippen molar-refractivity contribution in [2.45, 2.75) is 77.1 Å². The van der Waals surface area contributed by atoms with Crippen molar-refractivity contribution in [3.63, 3.8) is 0 Å². The number of carbonyl (C=O) groups is 5. The molecule has 5 amide bonds. The zero-order valence-electron chi connectivity index (χ0n) is 22.3. The van der Waals surface area contributed by atoms with E-state index in [4.69, 9.17) is 5.73 Å². The molecule has 0 heterocycles. The minimum absolute atomic E-state index is 0.0134. The van der Waals surface area contributed by atoms with Gasteiger partial charge in [-0.05, 0) is 25.7 Å². The van der Waals surface area contributed by atoms with Gasteiger partial charge in [-0.3, -0.25) is 39.6 Å². The lowest BCUT2D eigenvalue weighted by atomic mass is 10.2. The molecule has 226 valence electrons. The van der Waals surface area contributed by atoms with Gasteiger partial charge in [-0.2, -0.15) is 0 Å². The molecule has 7 N–H and O–H groups in total. The Bertz CT molecular complexity index is 779. The Morgan fingerprint density at radius 2 is 1.23 bits per heavy atom. The van der Waals surface area contributed by atoms with Crippen LogP contribution in [-0.2, 0) is 24.0 Å². The van der Waals surface area contributed by atoms with Crippen LogP contribution >= 0.6 is 0 Å². The largest absolute Gasteiger partial charge is 0.356 e. The summed E-state index contributed by atoms with van der Waals surface area (Å²) in [4.78, 5) is 58.0. The van der Waals surface area contributed by atoms with E-state index in [0.29, 0.717) is 41.0 Å².